The van der Waals surface area contributed by atoms with Gasteiger partial charge in [-0.05, 0) is 46.4 Å². The van der Waals surface area contributed by atoms with Crippen LogP contribution >= 0.6 is 0 Å². The fraction of sp³-hybridized carbons (Fsp3) is 1.00. The molecule has 1 unspecified atom stereocenters. The fourth-order valence-corrected chi connectivity index (χ4v) is 1.60. The first-order valence-electron chi connectivity index (χ1n) is 5.84. The highest BCUT2D eigenvalue weighted by molar-refractivity contribution is 4.63. The Morgan fingerprint density at radius 3 is 2.87 bits per heavy atom. The maximum Gasteiger partial charge on any atom is 0.147 e. The van der Waals surface area contributed by atoms with Crippen LogP contribution in [0.25, 0.3) is 0 Å². The molecule has 1 aliphatic heterocycles. The molecular weight excluding hydrogens is 192 g/mol. The SMILES string of the molecule is CN(C)CCCCNCC1CCOCO1. The monoisotopic (exact) mass is 216 g/mol. The Bertz CT molecular complexity index is 148. The van der Waals surface area contributed by atoms with Gasteiger partial charge >= 0.3 is 0 Å². The van der Waals surface area contributed by atoms with Crippen LogP contribution in [0.2, 0.25) is 0 Å². The summed E-state index contributed by atoms with van der Waals surface area (Å²) in [5.41, 5.74) is 0. The van der Waals surface area contributed by atoms with Crippen molar-refractivity contribution >= 4 is 0 Å². The van der Waals surface area contributed by atoms with Crippen LogP contribution in [0.15, 0.2) is 0 Å². The van der Waals surface area contributed by atoms with E-state index in [0.717, 1.165) is 26.1 Å². The smallest absolute Gasteiger partial charge is 0.147 e. The zero-order chi connectivity index (χ0) is 10.9. The van der Waals surface area contributed by atoms with Gasteiger partial charge in [0.25, 0.3) is 0 Å². The van der Waals surface area contributed by atoms with Gasteiger partial charge in [0.2, 0.25) is 0 Å². The lowest BCUT2D eigenvalue weighted by Gasteiger charge is -2.23. The van der Waals surface area contributed by atoms with Gasteiger partial charge in [0.15, 0.2) is 0 Å². The number of hydrogen-bond donors (Lipinski definition) is 1. The quantitative estimate of drug-likeness (QED) is 0.635. The predicted molar refractivity (Wildman–Crippen MR) is 61.0 cm³/mol. The summed E-state index contributed by atoms with van der Waals surface area (Å²) in [5.74, 6) is 0. The van der Waals surface area contributed by atoms with E-state index in [-0.39, 0.29) is 0 Å². The van der Waals surface area contributed by atoms with Crippen molar-refractivity contribution in [3.63, 3.8) is 0 Å². The summed E-state index contributed by atoms with van der Waals surface area (Å²) in [6, 6.07) is 0. The molecule has 4 heteroatoms. The summed E-state index contributed by atoms with van der Waals surface area (Å²) in [4.78, 5) is 2.22. The Hall–Kier alpha value is -0.160. The number of hydrogen-bond acceptors (Lipinski definition) is 4. The molecular formula is C11H24N2O2. The molecule has 0 saturated carbocycles. The van der Waals surface area contributed by atoms with E-state index in [1.54, 1.807) is 0 Å². The van der Waals surface area contributed by atoms with E-state index in [1.165, 1.54) is 19.4 Å². The standard InChI is InChI=1S/C11H24N2O2/c1-13(2)7-4-3-6-12-9-11-5-8-14-10-15-11/h11-12H,3-10H2,1-2H3. The minimum atomic E-state index is 0.354. The third-order valence-electron chi connectivity index (χ3n) is 2.55. The molecule has 0 aromatic rings. The summed E-state index contributed by atoms with van der Waals surface area (Å²) in [7, 11) is 4.23. The molecule has 1 fully saturated rings. The molecule has 4 nitrogen and oxygen atoms in total. The van der Waals surface area contributed by atoms with Crippen molar-refractivity contribution < 1.29 is 9.47 Å². The Labute approximate surface area is 92.9 Å². The van der Waals surface area contributed by atoms with Crippen molar-refractivity contribution in [1.29, 1.82) is 0 Å². The normalized spacial score (nSPS) is 22.2. The van der Waals surface area contributed by atoms with Crippen molar-refractivity contribution in [3.8, 4) is 0 Å². The molecule has 15 heavy (non-hydrogen) atoms. The Kier molecular flexibility index (Phi) is 6.92. The van der Waals surface area contributed by atoms with E-state index >= 15 is 0 Å². The molecule has 0 amide bonds. The van der Waals surface area contributed by atoms with Gasteiger partial charge in [0, 0.05) is 6.54 Å². The van der Waals surface area contributed by atoms with Crippen molar-refractivity contribution in [3.05, 3.63) is 0 Å². The molecule has 1 aliphatic rings. The molecule has 0 radical (unpaired) electrons. The Morgan fingerprint density at radius 2 is 2.20 bits per heavy atom. The lowest BCUT2D eigenvalue weighted by Crippen LogP contribution is -2.34. The first kappa shape index (κ1) is 12.9. The second kappa shape index (κ2) is 8.05. The number of rotatable bonds is 7. The van der Waals surface area contributed by atoms with Gasteiger partial charge in [-0.25, -0.2) is 0 Å². The molecule has 1 rings (SSSR count). The van der Waals surface area contributed by atoms with Gasteiger partial charge in [0.1, 0.15) is 6.79 Å². The van der Waals surface area contributed by atoms with Gasteiger partial charge in [-0.3, -0.25) is 0 Å². The van der Waals surface area contributed by atoms with Crippen LogP contribution in [0, 0.1) is 0 Å². The molecule has 1 heterocycles. The Morgan fingerprint density at radius 1 is 1.33 bits per heavy atom. The molecule has 90 valence electrons. The highest BCUT2D eigenvalue weighted by atomic mass is 16.7. The third kappa shape index (κ3) is 6.84. The fourth-order valence-electron chi connectivity index (χ4n) is 1.60. The molecule has 0 aliphatic carbocycles. The molecule has 0 aromatic carbocycles. The lowest BCUT2D eigenvalue weighted by atomic mass is 10.2. The second-order valence-corrected chi connectivity index (χ2v) is 4.32. The topological polar surface area (TPSA) is 33.7 Å². The molecule has 0 aromatic heterocycles. The summed E-state index contributed by atoms with van der Waals surface area (Å²) >= 11 is 0. The van der Waals surface area contributed by atoms with Gasteiger partial charge in [0.05, 0.1) is 12.7 Å². The molecule has 1 saturated heterocycles. The maximum atomic E-state index is 5.43. The molecule has 0 bridgehead atoms. The second-order valence-electron chi connectivity index (χ2n) is 4.32. The molecule has 0 spiro atoms. The summed E-state index contributed by atoms with van der Waals surface area (Å²) in [6.45, 7) is 4.54. The first-order valence-corrected chi connectivity index (χ1v) is 5.84. The zero-order valence-electron chi connectivity index (χ0n) is 10.00. The van der Waals surface area contributed by atoms with Crippen LogP contribution < -0.4 is 5.32 Å². The van der Waals surface area contributed by atoms with Crippen molar-refractivity contribution in [2.45, 2.75) is 25.4 Å². The van der Waals surface area contributed by atoms with Crippen LogP contribution in [0.4, 0.5) is 0 Å². The highest BCUT2D eigenvalue weighted by Gasteiger charge is 2.12. The zero-order valence-corrected chi connectivity index (χ0v) is 10.00. The summed E-state index contributed by atoms with van der Waals surface area (Å²) in [6.07, 6.45) is 3.87. The summed E-state index contributed by atoms with van der Waals surface area (Å²) in [5, 5.41) is 3.43. The minimum Gasteiger partial charge on any atom is -0.355 e. The predicted octanol–water partition coefficient (Wildman–Crippen LogP) is 0.681. The Balaban J connectivity index is 1.83. The maximum absolute atomic E-state index is 5.43. The van der Waals surface area contributed by atoms with E-state index in [2.05, 4.69) is 24.3 Å². The average Bonchev–Trinajstić information content (AvgIpc) is 2.24. The van der Waals surface area contributed by atoms with E-state index in [1.807, 2.05) is 0 Å². The van der Waals surface area contributed by atoms with E-state index in [9.17, 15) is 0 Å². The third-order valence-corrected chi connectivity index (χ3v) is 2.55. The van der Waals surface area contributed by atoms with Crippen molar-refractivity contribution in [2.24, 2.45) is 0 Å². The van der Waals surface area contributed by atoms with Crippen LogP contribution in [0.5, 0.6) is 0 Å². The lowest BCUT2D eigenvalue weighted by molar-refractivity contribution is -0.137. The van der Waals surface area contributed by atoms with E-state index in [4.69, 9.17) is 9.47 Å². The number of unbranched alkanes of at least 4 members (excludes halogenated alkanes) is 1. The van der Waals surface area contributed by atoms with Gasteiger partial charge < -0.3 is 19.7 Å². The highest BCUT2D eigenvalue weighted by Crippen LogP contribution is 2.04. The minimum absolute atomic E-state index is 0.354. The van der Waals surface area contributed by atoms with Crippen molar-refractivity contribution in [1.82, 2.24) is 10.2 Å². The van der Waals surface area contributed by atoms with Crippen LogP contribution in [0.3, 0.4) is 0 Å². The number of nitrogens with zero attached hydrogens (tertiary/aromatic N) is 1. The summed E-state index contributed by atoms with van der Waals surface area (Å²) < 4.78 is 10.5. The average molecular weight is 216 g/mol. The number of nitrogens with one attached hydrogen (secondary N) is 1. The molecule has 1 N–H and O–H groups in total. The number of ether oxygens (including phenoxy) is 2. The van der Waals surface area contributed by atoms with Crippen LogP contribution in [-0.2, 0) is 9.47 Å². The first-order chi connectivity index (χ1) is 7.29. The van der Waals surface area contributed by atoms with Gasteiger partial charge in [-0.2, -0.15) is 0 Å². The van der Waals surface area contributed by atoms with E-state index in [0.29, 0.717) is 12.9 Å². The largest absolute Gasteiger partial charge is 0.355 e. The van der Waals surface area contributed by atoms with Crippen LogP contribution in [-0.4, -0.2) is 58.1 Å². The van der Waals surface area contributed by atoms with Gasteiger partial charge in [-0.1, -0.05) is 0 Å². The van der Waals surface area contributed by atoms with E-state index < -0.39 is 0 Å². The van der Waals surface area contributed by atoms with Gasteiger partial charge in [-0.15, -0.1) is 0 Å². The van der Waals surface area contributed by atoms with Crippen LogP contribution in [0.1, 0.15) is 19.3 Å². The molecule has 1 atom stereocenters. The van der Waals surface area contributed by atoms with Crippen molar-refractivity contribution in [2.75, 3.05) is 47.1 Å².